The van der Waals surface area contributed by atoms with E-state index in [1.807, 2.05) is 0 Å². The highest BCUT2D eigenvalue weighted by atomic mass is 16.6. The molecule has 3 N–H and O–H groups in total. The molecule has 0 saturated heterocycles. The van der Waals surface area contributed by atoms with Gasteiger partial charge in [0.25, 0.3) is 5.70 Å². The van der Waals surface area contributed by atoms with Crippen LogP contribution < -0.4 is 11.1 Å². The summed E-state index contributed by atoms with van der Waals surface area (Å²) in [5.74, 6) is -0.701. The molecule has 0 spiro atoms. The van der Waals surface area contributed by atoms with Gasteiger partial charge >= 0.3 is 6.09 Å². The van der Waals surface area contributed by atoms with E-state index in [9.17, 15) is 19.7 Å². The van der Waals surface area contributed by atoms with E-state index in [0.717, 1.165) is 6.20 Å². The number of nitro groups is 1. The van der Waals surface area contributed by atoms with Crippen molar-refractivity contribution in [1.29, 1.82) is 0 Å². The summed E-state index contributed by atoms with van der Waals surface area (Å²) in [6, 6.07) is 0. The molecular weight excluding hydrogens is 342 g/mol. The summed E-state index contributed by atoms with van der Waals surface area (Å²) in [5, 5.41) is 13.5. The van der Waals surface area contributed by atoms with Crippen LogP contribution in [0.25, 0.3) is 0 Å². The van der Waals surface area contributed by atoms with Gasteiger partial charge in [-0.15, -0.1) is 0 Å². The molecule has 0 rings (SSSR count). The number of hydrogen-bond donors (Lipinski definition) is 2. The van der Waals surface area contributed by atoms with Gasteiger partial charge in [0.1, 0.15) is 5.60 Å². The number of allylic oxidation sites excluding steroid dienone is 3. The summed E-state index contributed by atoms with van der Waals surface area (Å²) in [5.41, 5.74) is 3.98. The Morgan fingerprint density at radius 1 is 1.31 bits per heavy atom. The molecule has 0 aliphatic rings. The molecule has 0 heterocycles. The Labute approximate surface area is 152 Å². The fraction of sp³-hybridized carbons (Fsp3) is 0.412. The van der Waals surface area contributed by atoms with Gasteiger partial charge in [0, 0.05) is 17.7 Å². The van der Waals surface area contributed by atoms with Crippen molar-refractivity contribution in [2.24, 2.45) is 5.73 Å². The van der Waals surface area contributed by atoms with Gasteiger partial charge in [-0.2, -0.15) is 0 Å². The summed E-state index contributed by atoms with van der Waals surface area (Å²) < 4.78 is 10.1. The number of nitrogens with one attached hydrogen (secondary N) is 1. The number of alkyl carbamates (subject to hydrolysis) is 1. The average Bonchev–Trinajstić information content (AvgIpc) is 2.45. The lowest BCUT2D eigenvalue weighted by Crippen LogP contribution is -2.31. The smallest absolute Gasteiger partial charge is 0.412 e. The number of amides is 1. The van der Waals surface area contributed by atoms with Crippen molar-refractivity contribution in [3.63, 3.8) is 0 Å². The number of ketones is 1. The fourth-order valence-electron chi connectivity index (χ4n) is 1.71. The monoisotopic (exact) mass is 367 g/mol. The molecule has 0 unspecified atom stereocenters. The number of nitrogens with zero attached hydrogens (tertiary/aromatic N) is 1. The lowest BCUT2D eigenvalue weighted by molar-refractivity contribution is -0.421. The molecule has 0 bridgehead atoms. The number of carbonyl (C=O) groups excluding carboxylic acids is 2. The molecule has 0 saturated carbocycles. The maximum Gasteiger partial charge on any atom is 0.412 e. The third kappa shape index (κ3) is 8.67. The van der Waals surface area contributed by atoms with Gasteiger partial charge in [-0.25, -0.2) is 4.79 Å². The zero-order valence-electron chi connectivity index (χ0n) is 15.5. The predicted octanol–water partition coefficient (Wildman–Crippen LogP) is 2.54. The van der Waals surface area contributed by atoms with E-state index < -0.39 is 34.5 Å². The molecule has 9 nitrogen and oxygen atoms in total. The molecule has 0 aliphatic carbocycles. The van der Waals surface area contributed by atoms with E-state index in [1.54, 1.807) is 27.7 Å². The van der Waals surface area contributed by atoms with E-state index in [2.05, 4.69) is 18.5 Å². The number of nitrogens with two attached hydrogens (primary N) is 1. The first-order valence-corrected chi connectivity index (χ1v) is 7.72. The Bertz CT molecular complexity index is 656. The Hall–Kier alpha value is -3.10. The van der Waals surface area contributed by atoms with Gasteiger partial charge in [0.05, 0.1) is 17.7 Å². The van der Waals surface area contributed by atoms with Gasteiger partial charge in [-0.3, -0.25) is 20.2 Å². The Kier molecular flexibility index (Phi) is 8.82. The van der Waals surface area contributed by atoms with Crippen molar-refractivity contribution < 1.29 is 24.0 Å². The van der Waals surface area contributed by atoms with E-state index >= 15 is 0 Å². The summed E-state index contributed by atoms with van der Waals surface area (Å²) in [6.07, 6.45) is 0.728. The zero-order chi connectivity index (χ0) is 20.5. The number of hydrogen-bond acceptors (Lipinski definition) is 7. The average molecular weight is 367 g/mol. The van der Waals surface area contributed by atoms with Crippen LogP contribution in [0.4, 0.5) is 4.79 Å². The van der Waals surface area contributed by atoms with E-state index in [0.29, 0.717) is 0 Å². The summed E-state index contributed by atoms with van der Waals surface area (Å²) in [4.78, 5) is 34.2. The first-order valence-electron chi connectivity index (χ1n) is 7.72. The molecule has 0 aromatic carbocycles. The zero-order valence-corrected chi connectivity index (χ0v) is 15.5. The molecule has 0 aliphatic heterocycles. The van der Waals surface area contributed by atoms with Crippen molar-refractivity contribution in [3.05, 3.63) is 58.3 Å². The molecule has 1 amide bonds. The van der Waals surface area contributed by atoms with Crippen LogP contribution in [0.3, 0.4) is 0 Å². The van der Waals surface area contributed by atoms with Gasteiger partial charge in [0.15, 0.2) is 5.76 Å². The molecule has 144 valence electrons. The largest absolute Gasteiger partial charge is 0.491 e. The van der Waals surface area contributed by atoms with Crippen molar-refractivity contribution in [2.75, 3.05) is 6.61 Å². The topological polar surface area (TPSA) is 134 Å². The SMILES string of the molecule is C=C(/C=C(CC(=O)C(=C)OCC)\C(=C/N)[N+](=O)[O-])NC(=O)OC(C)(C)C. The minimum atomic E-state index is -0.789. The van der Waals surface area contributed by atoms with Crippen LogP contribution in [0, 0.1) is 10.1 Å². The minimum Gasteiger partial charge on any atom is -0.491 e. The van der Waals surface area contributed by atoms with Gasteiger partial charge in [-0.1, -0.05) is 13.2 Å². The normalized spacial score (nSPS) is 12.2. The fourth-order valence-corrected chi connectivity index (χ4v) is 1.71. The van der Waals surface area contributed by atoms with Crippen LogP contribution >= 0.6 is 0 Å². The van der Waals surface area contributed by atoms with Crippen LogP contribution in [0.5, 0.6) is 0 Å². The Balaban J connectivity index is 5.45. The molecule has 0 atom stereocenters. The van der Waals surface area contributed by atoms with Gasteiger partial charge in [0.2, 0.25) is 5.78 Å². The van der Waals surface area contributed by atoms with Crippen molar-refractivity contribution in [1.82, 2.24) is 5.32 Å². The van der Waals surface area contributed by atoms with Crippen LogP contribution in [-0.2, 0) is 14.3 Å². The second kappa shape index (κ2) is 10.0. The lowest BCUT2D eigenvalue weighted by Gasteiger charge is -2.19. The van der Waals surface area contributed by atoms with Crippen molar-refractivity contribution in [3.8, 4) is 0 Å². The third-order valence-electron chi connectivity index (χ3n) is 2.67. The minimum absolute atomic E-state index is 0.00901. The maximum absolute atomic E-state index is 12.1. The van der Waals surface area contributed by atoms with Crippen LogP contribution in [0.2, 0.25) is 0 Å². The number of rotatable bonds is 9. The number of ether oxygens (including phenoxy) is 2. The van der Waals surface area contributed by atoms with Crippen LogP contribution in [-0.4, -0.2) is 29.0 Å². The summed E-state index contributed by atoms with van der Waals surface area (Å²) in [6.45, 7) is 14.0. The van der Waals surface area contributed by atoms with Crippen molar-refractivity contribution in [2.45, 2.75) is 39.7 Å². The van der Waals surface area contributed by atoms with E-state index in [4.69, 9.17) is 15.2 Å². The standard InChI is InChI=1S/C17H25N3O6/c1-7-25-12(3)15(21)9-13(14(10-18)20(23)24)8-11(2)19-16(22)26-17(4,5)6/h8,10H,2-3,7,9,18H2,1,4-6H3,(H,19,22)/b13-8-,14-10+. The molecule has 0 fully saturated rings. The van der Waals surface area contributed by atoms with E-state index in [1.165, 1.54) is 6.08 Å². The third-order valence-corrected chi connectivity index (χ3v) is 2.67. The molecule has 26 heavy (non-hydrogen) atoms. The highest BCUT2D eigenvalue weighted by Gasteiger charge is 2.23. The second-order valence-electron chi connectivity index (χ2n) is 6.09. The number of Topliss-reactive ketones (excluding diaryl/α,β-unsaturated/α-hetero) is 1. The van der Waals surface area contributed by atoms with Gasteiger partial charge < -0.3 is 15.2 Å². The Morgan fingerprint density at radius 3 is 2.31 bits per heavy atom. The summed E-state index contributed by atoms with van der Waals surface area (Å²) in [7, 11) is 0. The van der Waals surface area contributed by atoms with Crippen molar-refractivity contribution >= 4 is 11.9 Å². The number of carbonyl (C=O) groups is 2. The molecule has 0 aromatic rings. The molecular formula is C17H25N3O6. The molecule has 0 aromatic heterocycles. The quantitative estimate of drug-likeness (QED) is 0.210. The Morgan fingerprint density at radius 2 is 1.88 bits per heavy atom. The maximum atomic E-state index is 12.1. The highest BCUT2D eigenvalue weighted by Crippen LogP contribution is 2.19. The molecule has 9 heteroatoms. The second-order valence-corrected chi connectivity index (χ2v) is 6.09. The van der Waals surface area contributed by atoms with Crippen LogP contribution in [0.1, 0.15) is 34.1 Å². The highest BCUT2D eigenvalue weighted by molar-refractivity contribution is 5.95. The first-order chi connectivity index (χ1) is 11.9. The first kappa shape index (κ1) is 22.9. The predicted molar refractivity (Wildman–Crippen MR) is 96.2 cm³/mol. The van der Waals surface area contributed by atoms with Crippen LogP contribution in [0.15, 0.2) is 48.2 Å². The lowest BCUT2D eigenvalue weighted by atomic mass is 10.0. The molecule has 0 radical (unpaired) electrons. The summed E-state index contributed by atoms with van der Waals surface area (Å²) >= 11 is 0. The van der Waals surface area contributed by atoms with E-state index in [-0.39, 0.29) is 23.6 Å². The van der Waals surface area contributed by atoms with Gasteiger partial charge in [-0.05, 0) is 33.8 Å².